The zero-order chi connectivity index (χ0) is 25.2. The molecule has 4 heteroatoms. The first-order chi connectivity index (χ1) is 15.6. The van der Waals surface area contributed by atoms with Crippen molar-refractivity contribution in [3.8, 4) is 0 Å². The SMILES string of the molecule is C[C@H](CCCC(C)(C)C)[C@H]1CC[C@H]2[C@H]3CCC=C4C[C@](O)(C(F)(F)F)CC[C@]4(C)[C@H]3CC[C@]12C. The Bertz CT molecular complexity index is 779. The summed E-state index contributed by atoms with van der Waals surface area (Å²) in [5.74, 6) is 3.31. The van der Waals surface area contributed by atoms with Crippen LogP contribution in [-0.4, -0.2) is 16.9 Å². The molecule has 196 valence electrons. The molecule has 0 spiro atoms. The Kier molecular flexibility index (Phi) is 6.88. The largest absolute Gasteiger partial charge is 0.417 e. The lowest BCUT2D eigenvalue weighted by atomic mass is 9.49. The molecular formula is C30H49F3O. The van der Waals surface area contributed by atoms with Gasteiger partial charge in [-0.25, -0.2) is 0 Å². The predicted molar refractivity (Wildman–Crippen MR) is 133 cm³/mol. The summed E-state index contributed by atoms with van der Waals surface area (Å²) in [6, 6.07) is 0. The summed E-state index contributed by atoms with van der Waals surface area (Å²) in [6.45, 7) is 14.3. The Morgan fingerprint density at radius 3 is 2.35 bits per heavy atom. The Balaban J connectivity index is 1.50. The molecule has 4 aliphatic rings. The van der Waals surface area contributed by atoms with Crippen molar-refractivity contribution in [2.75, 3.05) is 0 Å². The van der Waals surface area contributed by atoms with Crippen molar-refractivity contribution in [1.82, 2.24) is 0 Å². The van der Waals surface area contributed by atoms with E-state index in [1.54, 1.807) is 0 Å². The third-order valence-corrected chi connectivity index (χ3v) is 11.3. The van der Waals surface area contributed by atoms with Crippen molar-refractivity contribution in [2.45, 2.75) is 130 Å². The van der Waals surface area contributed by atoms with Gasteiger partial charge >= 0.3 is 6.18 Å². The fraction of sp³-hybridized carbons (Fsp3) is 0.933. The van der Waals surface area contributed by atoms with E-state index in [4.69, 9.17) is 0 Å². The number of allylic oxidation sites excluding steroid dienone is 1. The van der Waals surface area contributed by atoms with Gasteiger partial charge in [-0.15, -0.1) is 0 Å². The van der Waals surface area contributed by atoms with Gasteiger partial charge in [0.1, 0.15) is 0 Å². The first-order valence-electron chi connectivity index (χ1n) is 14.1. The summed E-state index contributed by atoms with van der Waals surface area (Å²) >= 11 is 0. The molecule has 0 heterocycles. The molecule has 3 saturated carbocycles. The third kappa shape index (κ3) is 4.52. The molecule has 0 aromatic heterocycles. The van der Waals surface area contributed by atoms with E-state index in [9.17, 15) is 18.3 Å². The van der Waals surface area contributed by atoms with E-state index in [1.165, 1.54) is 38.5 Å². The average molecular weight is 483 g/mol. The van der Waals surface area contributed by atoms with Crippen molar-refractivity contribution in [1.29, 1.82) is 0 Å². The summed E-state index contributed by atoms with van der Waals surface area (Å²) in [5, 5.41) is 10.5. The molecule has 0 radical (unpaired) electrons. The van der Waals surface area contributed by atoms with Gasteiger partial charge in [-0.05, 0) is 104 Å². The summed E-state index contributed by atoms with van der Waals surface area (Å²) in [7, 11) is 0. The van der Waals surface area contributed by atoms with E-state index in [2.05, 4.69) is 47.6 Å². The van der Waals surface area contributed by atoms with E-state index < -0.39 is 11.8 Å². The van der Waals surface area contributed by atoms with Crippen LogP contribution in [0.4, 0.5) is 13.2 Å². The zero-order valence-electron chi connectivity index (χ0n) is 22.5. The van der Waals surface area contributed by atoms with Crippen molar-refractivity contribution in [3.05, 3.63) is 11.6 Å². The first kappa shape index (κ1) is 26.6. The van der Waals surface area contributed by atoms with E-state index in [0.717, 1.165) is 36.7 Å². The number of halogens is 3. The standard InChI is InChI=1S/C30H49F3O/c1-20(9-8-15-26(2,3)4)23-12-13-24-22-11-7-10-21-19-29(34,30(31,32)33)18-17-27(21,5)25(22)14-16-28(23,24)6/h10,20,22-25,34H,7-9,11-19H2,1-6H3/t20-,22-,23-,24+,25+,27+,28-,29+/m1/s1. The Morgan fingerprint density at radius 1 is 1.00 bits per heavy atom. The molecule has 0 aromatic carbocycles. The van der Waals surface area contributed by atoms with Gasteiger partial charge in [0.2, 0.25) is 0 Å². The van der Waals surface area contributed by atoms with Crippen LogP contribution in [0.2, 0.25) is 0 Å². The van der Waals surface area contributed by atoms with Crippen molar-refractivity contribution < 1.29 is 18.3 Å². The third-order valence-electron chi connectivity index (χ3n) is 11.3. The molecular weight excluding hydrogens is 433 g/mol. The van der Waals surface area contributed by atoms with Crippen LogP contribution in [0.25, 0.3) is 0 Å². The normalized spacial score (nSPS) is 43.9. The second-order valence-corrected chi connectivity index (χ2v) is 14.5. The molecule has 1 N–H and O–H groups in total. The number of alkyl halides is 3. The van der Waals surface area contributed by atoms with Crippen LogP contribution in [0, 0.1) is 45.8 Å². The maximum absolute atomic E-state index is 13.7. The summed E-state index contributed by atoms with van der Waals surface area (Å²) < 4.78 is 41.0. The maximum atomic E-state index is 13.7. The van der Waals surface area contributed by atoms with Crippen LogP contribution in [0.3, 0.4) is 0 Å². The van der Waals surface area contributed by atoms with Gasteiger partial charge < -0.3 is 5.11 Å². The monoisotopic (exact) mass is 482 g/mol. The molecule has 0 bridgehead atoms. The maximum Gasteiger partial charge on any atom is 0.417 e. The van der Waals surface area contributed by atoms with Crippen LogP contribution in [0.1, 0.15) is 119 Å². The average Bonchev–Trinajstić information content (AvgIpc) is 2.99. The lowest BCUT2D eigenvalue weighted by Gasteiger charge is -2.56. The number of hydrogen-bond acceptors (Lipinski definition) is 1. The topological polar surface area (TPSA) is 20.2 Å². The van der Waals surface area contributed by atoms with Crippen LogP contribution in [0.5, 0.6) is 0 Å². The van der Waals surface area contributed by atoms with Crippen molar-refractivity contribution in [2.24, 2.45) is 45.8 Å². The minimum absolute atomic E-state index is 0.150. The lowest BCUT2D eigenvalue weighted by molar-refractivity contribution is -0.270. The highest BCUT2D eigenvalue weighted by atomic mass is 19.4. The van der Waals surface area contributed by atoms with Crippen LogP contribution >= 0.6 is 0 Å². The molecule has 1 nitrogen and oxygen atoms in total. The van der Waals surface area contributed by atoms with Gasteiger partial charge in [0, 0.05) is 6.42 Å². The fourth-order valence-corrected chi connectivity index (χ4v) is 9.27. The molecule has 8 atom stereocenters. The molecule has 0 aromatic rings. The predicted octanol–water partition coefficient (Wildman–Crippen LogP) is 9.10. The fourth-order valence-electron chi connectivity index (χ4n) is 9.27. The summed E-state index contributed by atoms with van der Waals surface area (Å²) in [6.07, 6.45) is 8.53. The van der Waals surface area contributed by atoms with Gasteiger partial charge in [-0.2, -0.15) is 13.2 Å². The van der Waals surface area contributed by atoms with Gasteiger partial charge in [0.05, 0.1) is 0 Å². The zero-order valence-corrected chi connectivity index (χ0v) is 22.5. The Hall–Kier alpha value is -0.510. The molecule has 0 saturated heterocycles. The molecule has 4 aliphatic carbocycles. The highest BCUT2D eigenvalue weighted by Gasteiger charge is 2.62. The minimum Gasteiger partial charge on any atom is -0.380 e. The molecule has 4 rings (SSSR count). The van der Waals surface area contributed by atoms with Crippen molar-refractivity contribution in [3.63, 3.8) is 0 Å². The van der Waals surface area contributed by atoms with E-state index in [-0.39, 0.29) is 18.3 Å². The van der Waals surface area contributed by atoms with Crippen molar-refractivity contribution >= 4 is 0 Å². The van der Waals surface area contributed by atoms with Gasteiger partial charge in [0.25, 0.3) is 0 Å². The Labute approximate surface area is 206 Å². The quantitative estimate of drug-likeness (QED) is 0.396. The van der Waals surface area contributed by atoms with Crippen LogP contribution < -0.4 is 0 Å². The number of hydrogen-bond donors (Lipinski definition) is 1. The van der Waals surface area contributed by atoms with E-state index in [1.807, 2.05) is 0 Å². The smallest absolute Gasteiger partial charge is 0.380 e. The molecule has 34 heavy (non-hydrogen) atoms. The number of rotatable bonds is 4. The van der Waals surface area contributed by atoms with Crippen LogP contribution in [-0.2, 0) is 0 Å². The summed E-state index contributed by atoms with van der Waals surface area (Å²) in [5.41, 5.74) is -1.04. The molecule has 0 amide bonds. The first-order valence-corrected chi connectivity index (χ1v) is 14.1. The Morgan fingerprint density at radius 2 is 1.71 bits per heavy atom. The highest BCUT2D eigenvalue weighted by molar-refractivity contribution is 5.26. The second kappa shape index (κ2) is 8.80. The molecule has 3 fully saturated rings. The highest BCUT2D eigenvalue weighted by Crippen LogP contribution is 2.67. The summed E-state index contributed by atoms with van der Waals surface area (Å²) in [4.78, 5) is 0. The number of fused-ring (bicyclic) bond motifs is 5. The molecule has 0 unspecified atom stereocenters. The lowest BCUT2D eigenvalue weighted by Crippen LogP contribution is -2.54. The van der Waals surface area contributed by atoms with Crippen LogP contribution in [0.15, 0.2) is 11.6 Å². The number of aliphatic hydroxyl groups is 1. The van der Waals surface area contributed by atoms with Gasteiger partial charge in [0.15, 0.2) is 5.60 Å². The van der Waals surface area contributed by atoms with E-state index >= 15 is 0 Å². The van der Waals surface area contributed by atoms with Gasteiger partial charge in [-0.3, -0.25) is 0 Å². The second-order valence-electron chi connectivity index (χ2n) is 14.5. The molecule has 0 aliphatic heterocycles. The van der Waals surface area contributed by atoms with E-state index in [0.29, 0.717) is 35.0 Å². The van der Waals surface area contributed by atoms with Gasteiger partial charge in [-0.1, -0.05) is 66.0 Å². The minimum atomic E-state index is -4.55.